The molecule has 394 valence electrons. The van der Waals surface area contributed by atoms with E-state index in [4.69, 9.17) is 0 Å². The zero-order valence-corrected chi connectivity index (χ0v) is 45.1. The minimum absolute atomic E-state index is 0.0343. The van der Waals surface area contributed by atoms with Crippen LogP contribution in [0.3, 0.4) is 0 Å². The van der Waals surface area contributed by atoms with Crippen molar-refractivity contribution in [3.63, 3.8) is 0 Å². The zero-order valence-electron chi connectivity index (χ0n) is 41.8. The van der Waals surface area contributed by atoms with E-state index < -0.39 is 61.8 Å². The summed E-state index contributed by atoms with van der Waals surface area (Å²) in [4.78, 5) is 3.33. The predicted octanol–water partition coefficient (Wildman–Crippen LogP) is 7.39. The van der Waals surface area contributed by atoms with E-state index in [2.05, 4.69) is 16.7 Å². The van der Waals surface area contributed by atoms with Crippen LogP contribution in [-0.2, 0) is 51.3 Å². The highest BCUT2D eigenvalue weighted by Gasteiger charge is 2.44. The Kier molecular flexibility index (Phi) is 15.0. The molecule has 3 aliphatic heterocycles. The highest BCUT2D eigenvalue weighted by atomic mass is 32.2. The van der Waals surface area contributed by atoms with Crippen molar-refractivity contribution < 1.29 is 61.6 Å². The smallest absolute Gasteiger partial charge is 0.206 e. The molecular formula is C53H62N3O13S4-3. The Morgan fingerprint density at radius 1 is 0.630 bits per heavy atom. The zero-order chi connectivity index (χ0) is 53.2. The fraction of sp³-hybridized carbons (Fsp3) is 0.453. The van der Waals surface area contributed by atoms with Crippen molar-refractivity contribution in [1.82, 2.24) is 0 Å². The number of anilines is 2. The second-order valence-corrected chi connectivity index (χ2v) is 27.3. The van der Waals surface area contributed by atoms with Gasteiger partial charge in [-0.05, 0) is 140 Å². The summed E-state index contributed by atoms with van der Waals surface area (Å²) in [5.74, 6) is 0.451. The lowest BCUT2D eigenvalue weighted by Crippen LogP contribution is -2.32. The number of piperidine rings is 1. The lowest BCUT2D eigenvalue weighted by Gasteiger charge is -2.28. The van der Waals surface area contributed by atoms with Crippen LogP contribution in [0.15, 0.2) is 117 Å². The molecule has 1 aliphatic carbocycles. The Hall–Kier alpha value is -4.77. The van der Waals surface area contributed by atoms with E-state index >= 15 is 0 Å². The minimum Gasteiger partial charge on any atom is -0.748 e. The summed E-state index contributed by atoms with van der Waals surface area (Å²) in [7, 11) is -18.7. The first-order valence-corrected chi connectivity index (χ1v) is 30.4. The standard InChI is InChI=1S/C53H65N3O13S4/c1-34(70(58,59)60)23-29-55-45-19-11-39-32-41(72(64,65)66)15-17-43(39)49(45)52(3,4)47(55)21-13-37-9-10-38(51(37)54-27-25-36(26-28-54)8-7-31-57)14-22-48-53(5,6)50-44-18-16-42(73(67,68)69)33-40(44)12-20-46(50)56(48)30-24-35(2)71(61,62)63/h11-22,32-36,57H,7-10,23-31H2,1-6H3,(H3-,58,59,60,61,62,63,64,65,66,67,68,69)/p-3. The van der Waals surface area contributed by atoms with Gasteiger partial charge in [-0.15, -0.1) is 0 Å². The number of benzene rings is 4. The van der Waals surface area contributed by atoms with E-state index in [1.54, 1.807) is 24.3 Å². The van der Waals surface area contributed by atoms with Crippen LogP contribution in [0.25, 0.3) is 21.5 Å². The Morgan fingerprint density at radius 2 is 1.04 bits per heavy atom. The van der Waals surface area contributed by atoms with Crippen LogP contribution >= 0.6 is 0 Å². The molecule has 73 heavy (non-hydrogen) atoms. The highest BCUT2D eigenvalue weighted by molar-refractivity contribution is 7.86. The Bertz CT molecular complexity index is 3300. The molecule has 2 fully saturated rings. The SMILES string of the molecule is CC(CCN1/C(=C/C=C2\CC/C(=C\C=C3\N(CCC(C)S(=O)(=O)[O-])c4ccc5cc(S(=O)(=O)[O-])ccc5c4C3(C)C)C2=[N+]2CCC(CCCO)CC2)C(C)(C)c2c1ccc1cc(S(=O)(=O)[O-])ccc21)S(=O)(=O)[O-]. The molecule has 1 saturated carbocycles. The van der Waals surface area contributed by atoms with Crippen molar-refractivity contribution >= 4 is 79.1 Å². The van der Waals surface area contributed by atoms with Gasteiger partial charge in [0.1, 0.15) is 33.3 Å². The Labute approximate surface area is 429 Å². The monoisotopic (exact) mass is 1080 g/mol. The second-order valence-electron chi connectivity index (χ2n) is 21.0. The van der Waals surface area contributed by atoms with E-state index in [0.29, 0.717) is 29.5 Å². The first-order chi connectivity index (χ1) is 34.0. The number of nitrogens with zero attached hydrogens (tertiary/aromatic N) is 3. The Morgan fingerprint density at radius 3 is 1.41 bits per heavy atom. The van der Waals surface area contributed by atoms with Gasteiger partial charge in [0.2, 0.25) is 5.71 Å². The molecule has 4 aliphatic rings. The van der Waals surface area contributed by atoms with Crippen LogP contribution in [0.2, 0.25) is 0 Å². The molecule has 0 aromatic heterocycles. The number of fused-ring (bicyclic) bond motifs is 6. The van der Waals surface area contributed by atoms with Crippen LogP contribution in [-0.4, -0.2) is 111 Å². The molecule has 8 rings (SSSR count). The highest BCUT2D eigenvalue weighted by Crippen LogP contribution is 2.53. The van der Waals surface area contributed by atoms with Crippen molar-refractivity contribution in [2.24, 2.45) is 5.92 Å². The van der Waals surface area contributed by atoms with Gasteiger partial charge in [-0.2, -0.15) is 0 Å². The number of hydrogen-bond donors (Lipinski definition) is 1. The van der Waals surface area contributed by atoms with Crippen molar-refractivity contribution in [2.75, 3.05) is 42.6 Å². The Balaban J connectivity index is 1.25. The van der Waals surface area contributed by atoms with Crippen LogP contribution in [0, 0.1) is 5.92 Å². The molecule has 4 aromatic rings. The topological polar surface area (TPSA) is 259 Å². The summed E-state index contributed by atoms with van der Waals surface area (Å²) >= 11 is 0. The molecule has 16 nitrogen and oxygen atoms in total. The fourth-order valence-electron chi connectivity index (χ4n) is 11.5. The maximum atomic E-state index is 12.1. The van der Waals surface area contributed by atoms with Gasteiger partial charge in [-0.1, -0.05) is 64.1 Å². The van der Waals surface area contributed by atoms with Crippen LogP contribution in [0.1, 0.15) is 104 Å². The average Bonchev–Trinajstić information content (AvgIpc) is 3.89. The number of aliphatic hydroxyl groups is 1. The molecule has 2 unspecified atom stereocenters. The van der Waals surface area contributed by atoms with Gasteiger partial charge in [0.25, 0.3) is 0 Å². The van der Waals surface area contributed by atoms with Crippen molar-refractivity contribution in [2.45, 2.75) is 124 Å². The van der Waals surface area contributed by atoms with E-state index in [1.165, 1.54) is 38.1 Å². The molecule has 4 aromatic carbocycles. The molecule has 20 heteroatoms. The average molecular weight is 1080 g/mol. The minimum atomic E-state index is -4.74. The van der Waals surface area contributed by atoms with Gasteiger partial charge in [0, 0.05) is 87.8 Å². The lowest BCUT2D eigenvalue weighted by molar-refractivity contribution is -0.540. The van der Waals surface area contributed by atoms with E-state index in [1.807, 2.05) is 61.8 Å². The number of hydrogen-bond acceptors (Lipinski definition) is 15. The van der Waals surface area contributed by atoms with Gasteiger partial charge in [0.05, 0.1) is 30.0 Å². The third kappa shape index (κ3) is 10.9. The van der Waals surface area contributed by atoms with Crippen molar-refractivity contribution in [3.8, 4) is 0 Å². The summed E-state index contributed by atoms with van der Waals surface area (Å²) in [6.45, 7) is 12.9. The normalized spacial score (nSPS) is 22.4. The molecule has 0 spiro atoms. The summed E-state index contributed by atoms with van der Waals surface area (Å²) in [5.41, 5.74) is 6.57. The summed E-state index contributed by atoms with van der Waals surface area (Å²) in [5, 5.41) is 9.79. The maximum absolute atomic E-state index is 12.1. The lowest BCUT2D eigenvalue weighted by atomic mass is 9.81. The van der Waals surface area contributed by atoms with E-state index in [-0.39, 0.29) is 42.3 Å². The molecular weight excluding hydrogens is 1010 g/mol. The maximum Gasteiger partial charge on any atom is 0.206 e. The second kappa shape index (κ2) is 20.1. The van der Waals surface area contributed by atoms with Gasteiger partial charge in [0.15, 0.2) is 0 Å². The largest absolute Gasteiger partial charge is 0.748 e. The van der Waals surface area contributed by atoms with Crippen LogP contribution < -0.4 is 9.80 Å². The summed E-state index contributed by atoms with van der Waals surface area (Å²) in [6.07, 6.45) is 13.2. The van der Waals surface area contributed by atoms with Crippen molar-refractivity contribution in [3.05, 3.63) is 119 Å². The van der Waals surface area contributed by atoms with Crippen LogP contribution in [0.4, 0.5) is 11.4 Å². The predicted molar refractivity (Wildman–Crippen MR) is 278 cm³/mol. The third-order valence-corrected chi connectivity index (χ3v) is 19.7. The van der Waals surface area contributed by atoms with Crippen LogP contribution in [0.5, 0.6) is 0 Å². The molecule has 0 bridgehead atoms. The summed E-state index contributed by atoms with van der Waals surface area (Å²) in [6, 6.07) is 15.7. The first-order valence-electron chi connectivity index (χ1n) is 24.6. The quantitative estimate of drug-likeness (QED) is 0.0899. The number of rotatable bonds is 15. The van der Waals surface area contributed by atoms with Gasteiger partial charge in [-0.25, -0.2) is 38.2 Å². The molecule has 1 N–H and O–H groups in total. The first kappa shape index (κ1) is 54.5. The number of allylic oxidation sites excluding steroid dienone is 8. The van der Waals surface area contributed by atoms with Gasteiger partial charge < -0.3 is 33.1 Å². The van der Waals surface area contributed by atoms with E-state index in [0.717, 1.165) is 100 Å². The van der Waals surface area contributed by atoms with E-state index in [9.17, 15) is 57.0 Å². The third-order valence-electron chi connectivity index (χ3n) is 15.6. The molecule has 0 radical (unpaired) electrons. The molecule has 3 heterocycles. The van der Waals surface area contributed by atoms with Gasteiger partial charge >= 0.3 is 0 Å². The summed E-state index contributed by atoms with van der Waals surface area (Å²) < 4.78 is 147. The molecule has 0 amide bonds. The molecule has 2 atom stereocenters. The fourth-order valence-corrected chi connectivity index (χ4v) is 13.3. The molecule has 1 saturated heterocycles. The van der Waals surface area contributed by atoms with Crippen molar-refractivity contribution in [1.29, 1.82) is 0 Å². The van der Waals surface area contributed by atoms with Gasteiger partial charge in [-0.3, -0.25) is 0 Å². The number of aliphatic hydroxyl groups excluding tert-OH is 1.